The van der Waals surface area contributed by atoms with Crippen LogP contribution in [0.25, 0.3) is 0 Å². The number of carbonyl (C=O) groups is 1. The van der Waals surface area contributed by atoms with E-state index in [1.54, 1.807) is 11.8 Å². The van der Waals surface area contributed by atoms with E-state index in [9.17, 15) is 9.90 Å². The Morgan fingerprint density at radius 2 is 1.60 bits per heavy atom. The van der Waals surface area contributed by atoms with Gasteiger partial charge in [0.1, 0.15) is 12.7 Å². The first-order valence-corrected chi connectivity index (χ1v) is 10.4. The molecule has 5 heteroatoms. The number of esters is 1. The van der Waals surface area contributed by atoms with Crippen LogP contribution < -0.4 is 0 Å². The second-order valence-corrected chi connectivity index (χ2v) is 10.9. The number of rotatable bonds is 10. The minimum atomic E-state index is -0.801. The summed E-state index contributed by atoms with van der Waals surface area (Å²) in [5, 5.41) is 10.1. The summed E-state index contributed by atoms with van der Waals surface area (Å²) in [6.45, 7) is 18.8. The summed E-state index contributed by atoms with van der Waals surface area (Å²) in [5.41, 5.74) is -0.434. The Balaban J connectivity index is 4.49. The van der Waals surface area contributed by atoms with E-state index in [0.29, 0.717) is 0 Å². The molecular weight excluding hydrogens is 336 g/mol. The largest absolute Gasteiger partial charge is 0.463 e. The first kappa shape index (κ1) is 24.7. The fraction of sp³-hybridized carbons (Fsp3) is 0.950. The molecule has 0 aliphatic carbocycles. The van der Waals surface area contributed by atoms with Crippen molar-refractivity contribution in [3.63, 3.8) is 0 Å². The number of aliphatic hydroxyl groups excluding tert-OH is 1. The maximum absolute atomic E-state index is 12.5. The summed E-state index contributed by atoms with van der Waals surface area (Å²) in [4.78, 5) is 12.5. The molecule has 4 nitrogen and oxygen atoms in total. The van der Waals surface area contributed by atoms with Crippen LogP contribution in [0.1, 0.15) is 68.7 Å². The molecule has 2 unspecified atom stereocenters. The van der Waals surface area contributed by atoms with Gasteiger partial charge in [-0.25, -0.2) is 0 Å². The van der Waals surface area contributed by atoms with Crippen molar-refractivity contribution in [1.29, 1.82) is 0 Å². The Hall–Kier alpha value is -0.260. The molecule has 0 aliphatic rings. The number of thioether (sulfide) groups is 1. The highest BCUT2D eigenvalue weighted by molar-refractivity contribution is 7.99. The minimum absolute atomic E-state index is 0.0213. The molecule has 0 spiro atoms. The van der Waals surface area contributed by atoms with E-state index in [-0.39, 0.29) is 41.5 Å². The van der Waals surface area contributed by atoms with Crippen LogP contribution in [0.15, 0.2) is 0 Å². The Morgan fingerprint density at radius 3 is 2.04 bits per heavy atom. The van der Waals surface area contributed by atoms with Crippen molar-refractivity contribution in [2.45, 2.75) is 80.4 Å². The average Bonchev–Trinajstić information content (AvgIpc) is 2.44. The van der Waals surface area contributed by atoms with Crippen LogP contribution in [0.3, 0.4) is 0 Å². The van der Waals surface area contributed by atoms with E-state index in [1.165, 1.54) is 0 Å². The fourth-order valence-electron chi connectivity index (χ4n) is 2.39. The second-order valence-electron chi connectivity index (χ2n) is 9.68. The van der Waals surface area contributed by atoms with Crippen molar-refractivity contribution < 1.29 is 19.4 Å². The summed E-state index contributed by atoms with van der Waals surface area (Å²) in [7, 11) is 0. The van der Waals surface area contributed by atoms with Crippen LogP contribution in [0.5, 0.6) is 0 Å². The van der Waals surface area contributed by atoms with Gasteiger partial charge in [0.2, 0.25) is 0 Å². The Labute approximate surface area is 159 Å². The van der Waals surface area contributed by atoms with Crippen molar-refractivity contribution >= 4 is 17.7 Å². The van der Waals surface area contributed by atoms with E-state index < -0.39 is 6.10 Å². The predicted octanol–water partition coefficient (Wildman–Crippen LogP) is 4.54. The van der Waals surface area contributed by atoms with E-state index in [4.69, 9.17) is 9.47 Å². The van der Waals surface area contributed by atoms with Gasteiger partial charge in [0, 0.05) is 5.75 Å². The van der Waals surface area contributed by atoms with E-state index in [2.05, 4.69) is 48.5 Å². The average molecular weight is 377 g/mol. The van der Waals surface area contributed by atoms with Crippen LogP contribution in [0.2, 0.25) is 0 Å². The molecule has 150 valence electrons. The highest BCUT2D eigenvalue weighted by Gasteiger charge is 2.36. The Kier molecular flexibility index (Phi) is 10.1. The Bertz CT molecular complexity index is 393. The highest BCUT2D eigenvalue weighted by Crippen LogP contribution is 2.36. The molecule has 0 aromatic rings. The quantitative estimate of drug-likeness (QED) is 0.567. The second kappa shape index (κ2) is 10.2. The van der Waals surface area contributed by atoms with Gasteiger partial charge in [0.05, 0.1) is 18.1 Å². The van der Waals surface area contributed by atoms with Crippen molar-refractivity contribution in [3.8, 4) is 0 Å². The minimum Gasteiger partial charge on any atom is -0.463 e. The number of carbonyl (C=O) groups excluding carboxylic acids is 1. The molecule has 1 N–H and O–H groups in total. The third kappa shape index (κ3) is 11.9. The number of ether oxygens (including phenoxy) is 2. The zero-order chi connectivity index (χ0) is 19.9. The van der Waals surface area contributed by atoms with Crippen LogP contribution in [0.4, 0.5) is 0 Å². The first-order chi connectivity index (χ1) is 11.2. The molecule has 25 heavy (non-hydrogen) atoms. The van der Waals surface area contributed by atoms with Crippen LogP contribution >= 0.6 is 11.8 Å². The number of hydrogen-bond acceptors (Lipinski definition) is 5. The van der Waals surface area contributed by atoms with Crippen LogP contribution in [-0.4, -0.2) is 47.5 Å². The SMILES string of the molecule is CCSCC(C)(C)OCC(O)COC(=O)C(CC(C)(C)C)C(C)(C)C. The molecule has 2 atom stereocenters. The summed E-state index contributed by atoms with van der Waals surface area (Å²) in [5.74, 6) is 1.48. The monoisotopic (exact) mass is 376 g/mol. The van der Waals surface area contributed by atoms with Gasteiger partial charge in [-0.15, -0.1) is 0 Å². The van der Waals surface area contributed by atoms with Crippen LogP contribution in [-0.2, 0) is 14.3 Å². The first-order valence-electron chi connectivity index (χ1n) is 9.24. The third-order valence-corrected chi connectivity index (χ3v) is 5.19. The normalized spacial score (nSPS) is 15.8. The van der Waals surface area contributed by atoms with Crippen molar-refractivity contribution in [3.05, 3.63) is 0 Å². The molecule has 0 fully saturated rings. The zero-order valence-corrected chi connectivity index (χ0v) is 18.6. The standard InChI is InChI=1S/C20H40O4S/c1-10-25-14-20(8,9)24-13-15(21)12-23-17(22)16(19(5,6)7)11-18(2,3)4/h15-16,21H,10-14H2,1-9H3. The number of aliphatic hydroxyl groups is 1. The van der Waals surface area contributed by atoms with Gasteiger partial charge in [-0.05, 0) is 36.9 Å². The number of hydrogen-bond donors (Lipinski definition) is 1. The lowest BCUT2D eigenvalue weighted by Crippen LogP contribution is -2.37. The van der Waals surface area contributed by atoms with Crippen molar-refractivity contribution in [2.75, 3.05) is 24.7 Å². The summed E-state index contributed by atoms with van der Waals surface area (Å²) < 4.78 is 11.2. The summed E-state index contributed by atoms with van der Waals surface area (Å²) >= 11 is 1.80. The van der Waals surface area contributed by atoms with E-state index >= 15 is 0 Å². The van der Waals surface area contributed by atoms with Gasteiger partial charge in [0.25, 0.3) is 0 Å². The molecule has 0 bridgehead atoms. The molecule has 0 radical (unpaired) electrons. The molecule has 0 amide bonds. The fourth-order valence-corrected chi connectivity index (χ4v) is 3.17. The predicted molar refractivity (Wildman–Crippen MR) is 107 cm³/mol. The molecule has 0 heterocycles. The molecule has 0 saturated carbocycles. The van der Waals surface area contributed by atoms with E-state index in [0.717, 1.165) is 17.9 Å². The van der Waals surface area contributed by atoms with Gasteiger partial charge in [0.15, 0.2) is 0 Å². The zero-order valence-electron chi connectivity index (χ0n) is 17.8. The lowest BCUT2D eigenvalue weighted by Gasteiger charge is -2.34. The molecule has 0 aromatic heterocycles. The maximum Gasteiger partial charge on any atom is 0.309 e. The lowest BCUT2D eigenvalue weighted by molar-refractivity contribution is -0.159. The molecule has 0 rings (SSSR count). The maximum atomic E-state index is 12.5. The lowest BCUT2D eigenvalue weighted by atomic mass is 9.72. The van der Waals surface area contributed by atoms with Gasteiger partial charge >= 0.3 is 5.97 Å². The van der Waals surface area contributed by atoms with Gasteiger partial charge in [-0.3, -0.25) is 4.79 Å². The van der Waals surface area contributed by atoms with E-state index in [1.807, 2.05) is 13.8 Å². The summed E-state index contributed by atoms with van der Waals surface area (Å²) in [6, 6.07) is 0. The van der Waals surface area contributed by atoms with Crippen molar-refractivity contribution in [1.82, 2.24) is 0 Å². The summed E-state index contributed by atoms with van der Waals surface area (Å²) in [6.07, 6.45) is -0.0477. The Morgan fingerprint density at radius 1 is 1.04 bits per heavy atom. The van der Waals surface area contributed by atoms with Crippen molar-refractivity contribution in [2.24, 2.45) is 16.7 Å². The highest BCUT2D eigenvalue weighted by atomic mass is 32.2. The smallest absolute Gasteiger partial charge is 0.309 e. The molecular formula is C20H40O4S. The molecule has 0 aliphatic heterocycles. The topological polar surface area (TPSA) is 55.8 Å². The molecule has 0 saturated heterocycles. The van der Waals surface area contributed by atoms with Gasteiger partial charge in [-0.2, -0.15) is 11.8 Å². The third-order valence-electron chi connectivity index (χ3n) is 3.88. The van der Waals surface area contributed by atoms with Gasteiger partial charge < -0.3 is 14.6 Å². The van der Waals surface area contributed by atoms with Gasteiger partial charge in [-0.1, -0.05) is 48.5 Å². The molecule has 0 aromatic carbocycles. The van der Waals surface area contributed by atoms with Crippen LogP contribution in [0, 0.1) is 16.7 Å².